The average molecular weight is 679 g/mol. The van der Waals surface area contributed by atoms with Gasteiger partial charge in [0.2, 0.25) is 0 Å². The first-order valence-corrected chi connectivity index (χ1v) is 14.6. The van der Waals surface area contributed by atoms with Crippen LogP contribution in [-0.4, -0.2) is 63.1 Å². The molecule has 1 aliphatic heterocycles. The largest absolute Gasteiger partial charge is 0.497 e. The number of methoxy groups -OCH3 is 5. The number of amidine groups is 1. The van der Waals surface area contributed by atoms with Gasteiger partial charge >= 0.3 is 0 Å². The first-order chi connectivity index (χ1) is 19.8. The van der Waals surface area contributed by atoms with Crippen LogP contribution in [0.2, 0.25) is 0 Å². The molecule has 0 aromatic heterocycles. The van der Waals surface area contributed by atoms with Crippen molar-refractivity contribution in [2.24, 2.45) is 4.99 Å². The number of hydrogen-bond donors (Lipinski definition) is 0. The Labute approximate surface area is 254 Å². The molecule has 0 fully saturated rings. The van der Waals surface area contributed by atoms with Gasteiger partial charge in [-0.3, -0.25) is 0 Å². The maximum atomic E-state index is 15.3. The van der Waals surface area contributed by atoms with E-state index in [1.54, 1.807) is 47.7 Å². The minimum atomic E-state index is -1.06. The van der Waals surface area contributed by atoms with Crippen molar-refractivity contribution in [2.75, 3.05) is 40.0 Å². The Balaban J connectivity index is 1.86. The van der Waals surface area contributed by atoms with Crippen LogP contribution in [-0.2, 0) is 28.1 Å². The van der Waals surface area contributed by atoms with Crippen molar-refractivity contribution in [3.63, 3.8) is 0 Å². The molecule has 3 aromatic carbocycles. The maximum Gasteiger partial charge on any atom is 0.289 e. The molecule has 0 amide bonds. The summed E-state index contributed by atoms with van der Waals surface area (Å²) in [4.78, 5) is 7.09. The molecule has 0 N–H and O–H groups in total. The summed E-state index contributed by atoms with van der Waals surface area (Å²) in [5.41, 5.74) is 1.15. The summed E-state index contributed by atoms with van der Waals surface area (Å²) in [7, 11) is 8.07. The Morgan fingerprint density at radius 2 is 1.41 bits per heavy atom. The fourth-order valence-corrected chi connectivity index (χ4v) is 5.78. The quantitative estimate of drug-likeness (QED) is 0.183. The molecule has 0 radical (unpaired) electrons. The second-order valence-electron chi connectivity index (χ2n) is 9.70. The normalized spacial score (nSPS) is 20.0. The number of halogens is 2. The summed E-state index contributed by atoms with van der Waals surface area (Å²) >= 11 is 2.27. The van der Waals surface area contributed by atoms with Crippen molar-refractivity contribution < 1.29 is 32.8 Å². The van der Waals surface area contributed by atoms with Crippen molar-refractivity contribution >= 4 is 28.6 Å². The summed E-state index contributed by atoms with van der Waals surface area (Å²) in [5, 5.41) is 0. The van der Waals surface area contributed by atoms with E-state index in [2.05, 4.69) is 22.6 Å². The molecule has 0 spiro atoms. The monoisotopic (exact) mass is 678 g/mol. The lowest BCUT2D eigenvalue weighted by Crippen LogP contribution is -2.54. The van der Waals surface area contributed by atoms with Gasteiger partial charge in [-0.05, 0) is 37.3 Å². The van der Waals surface area contributed by atoms with E-state index in [1.165, 1.54) is 6.07 Å². The Morgan fingerprint density at radius 3 is 1.88 bits per heavy atom. The molecule has 220 valence electrons. The van der Waals surface area contributed by atoms with E-state index >= 15 is 4.39 Å². The van der Waals surface area contributed by atoms with Crippen LogP contribution in [0.1, 0.15) is 23.6 Å². The first kappa shape index (κ1) is 30.7. The predicted octanol–water partition coefficient (Wildman–Crippen LogP) is 5.98. The van der Waals surface area contributed by atoms with E-state index in [-0.39, 0.29) is 5.82 Å². The molecule has 1 heterocycles. The van der Waals surface area contributed by atoms with E-state index in [9.17, 15) is 0 Å². The van der Waals surface area contributed by atoms with Crippen LogP contribution in [0.15, 0.2) is 65.7 Å². The van der Waals surface area contributed by atoms with Crippen molar-refractivity contribution in [1.82, 2.24) is 4.90 Å². The summed E-state index contributed by atoms with van der Waals surface area (Å²) in [5.74, 6) is 2.32. The summed E-state index contributed by atoms with van der Waals surface area (Å²) in [6.07, 6.45) is -0.913. The van der Waals surface area contributed by atoms with E-state index in [0.29, 0.717) is 52.1 Å². The molecule has 0 bridgehead atoms. The predicted molar refractivity (Wildman–Crippen MR) is 164 cm³/mol. The van der Waals surface area contributed by atoms with Gasteiger partial charge in [-0.2, -0.15) is 0 Å². The van der Waals surface area contributed by atoms with Crippen molar-refractivity contribution in [3.8, 4) is 23.0 Å². The highest BCUT2D eigenvalue weighted by Crippen LogP contribution is 2.40. The summed E-state index contributed by atoms with van der Waals surface area (Å²) in [6, 6.07) is 18.4. The summed E-state index contributed by atoms with van der Waals surface area (Å²) in [6.45, 7) is 2.64. The Kier molecular flexibility index (Phi) is 10.2. The fourth-order valence-electron chi connectivity index (χ4n) is 5.14. The minimum absolute atomic E-state index is 0.352. The second kappa shape index (κ2) is 13.6. The SMILES string of the molecule is COc1ccc(CN(Cc2ccc(OC)cc2OC)C2=N[C@](C)(c3ccccc3F)[C@@H](OC)[C@@H](CI)O2)c(OC)c1. The third-order valence-corrected chi connectivity index (χ3v) is 8.15. The highest BCUT2D eigenvalue weighted by atomic mass is 127. The third kappa shape index (κ3) is 6.48. The van der Waals surface area contributed by atoms with Crippen LogP contribution in [0, 0.1) is 5.82 Å². The van der Waals surface area contributed by atoms with Gasteiger partial charge in [0.25, 0.3) is 6.02 Å². The Hall–Kier alpha value is -3.25. The number of alkyl halides is 1. The van der Waals surface area contributed by atoms with Gasteiger partial charge in [-0.1, -0.05) is 40.8 Å². The molecule has 4 rings (SSSR count). The molecular formula is C31H36FIN2O6. The topological polar surface area (TPSA) is 71.0 Å². The van der Waals surface area contributed by atoms with Gasteiger partial charge in [-0.15, -0.1) is 0 Å². The van der Waals surface area contributed by atoms with Crippen LogP contribution in [0.5, 0.6) is 23.0 Å². The number of aliphatic imine (C=N–C) groups is 1. The van der Waals surface area contributed by atoms with Gasteiger partial charge in [0.15, 0.2) is 0 Å². The van der Waals surface area contributed by atoms with Gasteiger partial charge in [0.05, 0.1) is 41.5 Å². The van der Waals surface area contributed by atoms with Gasteiger partial charge in [0.1, 0.15) is 46.6 Å². The molecule has 0 saturated carbocycles. The molecule has 0 aliphatic carbocycles. The van der Waals surface area contributed by atoms with Crippen molar-refractivity contribution in [3.05, 3.63) is 83.2 Å². The smallest absolute Gasteiger partial charge is 0.289 e. The lowest BCUT2D eigenvalue weighted by molar-refractivity contribution is -0.0604. The number of ether oxygens (including phenoxy) is 6. The Bertz CT molecular complexity index is 1310. The first-order valence-electron chi connectivity index (χ1n) is 13.1. The van der Waals surface area contributed by atoms with Crippen LogP contribution >= 0.6 is 22.6 Å². The minimum Gasteiger partial charge on any atom is -0.497 e. The highest BCUT2D eigenvalue weighted by molar-refractivity contribution is 14.1. The van der Waals surface area contributed by atoms with E-state index < -0.39 is 17.7 Å². The molecule has 1 aliphatic rings. The maximum absolute atomic E-state index is 15.3. The second-order valence-corrected chi connectivity index (χ2v) is 10.6. The lowest BCUT2D eigenvalue weighted by atomic mass is 9.83. The molecule has 41 heavy (non-hydrogen) atoms. The van der Waals surface area contributed by atoms with E-state index in [1.807, 2.05) is 54.3 Å². The number of rotatable bonds is 11. The molecular weight excluding hydrogens is 642 g/mol. The Morgan fingerprint density at radius 1 is 0.854 bits per heavy atom. The van der Waals surface area contributed by atoms with Crippen LogP contribution in [0.4, 0.5) is 4.39 Å². The zero-order valence-corrected chi connectivity index (χ0v) is 26.3. The number of nitrogens with zero attached hydrogens (tertiary/aromatic N) is 2. The van der Waals surface area contributed by atoms with Crippen LogP contribution in [0.3, 0.4) is 0 Å². The number of benzene rings is 3. The molecule has 10 heteroatoms. The number of hydrogen-bond acceptors (Lipinski definition) is 8. The van der Waals surface area contributed by atoms with E-state index in [4.69, 9.17) is 33.4 Å². The van der Waals surface area contributed by atoms with Crippen molar-refractivity contribution in [2.45, 2.75) is 37.8 Å². The molecule has 3 aromatic rings. The molecule has 8 nitrogen and oxygen atoms in total. The average Bonchev–Trinajstić information content (AvgIpc) is 3.00. The molecule has 0 unspecified atom stereocenters. The fraction of sp³-hybridized carbons (Fsp3) is 0.387. The van der Waals surface area contributed by atoms with Crippen molar-refractivity contribution in [1.29, 1.82) is 0 Å². The zero-order chi connectivity index (χ0) is 29.6. The van der Waals surface area contributed by atoms with Crippen LogP contribution < -0.4 is 18.9 Å². The standard InChI is InChI=1S/C31H36FIN2O6/c1-31(24-9-7-8-10-25(24)32)29(40-6)28(17-33)41-30(34-31)35(18-20-11-13-22(36-2)15-26(20)38-4)19-21-12-14-23(37-3)16-27(21)39-5/h7-16,28-29H,17-19H2,1-6H3/t28-,29+,31-/m1/s1. The van der Waals surface area contributed by atoms with Crippen LogP contribution in [0.25, 0.3) is 0 Å². The van der Waals surface area contributed by atoms with Gasteiger partial charge in [0, 0.05) is 40.4 Å². The van der Waals surface area contributed by atoms with Gasteiger partial charge in [-0.25, -0.2) is 9.38 Å². The lowest BCUT2D eigenvalue weighted by Gasteiger charge is -2.44. The molecule has 0 saturated heterocycles. The van der Waals surface area contributed by atoms with E-state index in [0.717, 1.165) is 11.1 Å². The molecule has 3 atom stereocenters. The summed E-state index contributed by atoms with van der Waals surface area (Å²) < 4.78 is 50.5. The van der Waals surface area contributed by atoms with Gasteiger partial charge < -0.3 is 33.3 Å². The third-order valence-electron chi connectivity index (χ3n) is 7.28. The zero-order valence-electron chi connectivity index (χ0n) is 24.1. The highest BCUT2D eigenvalue weighted by Gasteiger charge is 2.48.